The monoisotopic (exact) mass is 442 g/mol. The molecule has 1 aliphatic heterocycles. The smallest absolute Gasteiger partial charge is 0.422 e. The van der Waals surface area contributed by atoms with Gasteiger partial charge in [-0.2, -0.15) is 13.2 Å². The number of piperidine rings is 1. The molecule has 1 N–H and O–H groups in total. The van der Waals surface area contributed by atoms with Crippen LogP contribution in [0.15, 0.2) is 22.7 Å². The Balaban J connectivity index is 1.29. The van der Waals surface area contributed by atoms with Crippen LogP contribution in [-0.4, -0.2) is 60.2 Å². The fourth-order valence-electron chi connectivity index (χ4n) is 4.29. The van der Waals surface area contributed by atoms with Gasteiger partial charge in [-0.15, -0.1) is 0 Å². The lowest BCUT2D eigenvalue weighted by atomic mass is 9.73. The van der Waals surface area contributed by atoms with Crippen molar-refractivity contribution in [1.29, 1.82) is 0 Å². The van der Waals surface area contributed by atoms with Crippen molar-refractivity contribution in [2.45, 2.75) is 31.9 Å². The highest BCUT2D eigenvalue weighted by Gasteiger charge is 2.38. The highest BCUT2D eigenvalue weighted by molar-refractivity contribution is 5.88. The number of hydrogen-bond donors (Lipinski definition) is 1. The Bertz CT molecular complexity index is 908. The summed E-state index contributed by atoms with van der Waals surface area (Å²) in [6, 6.07) is 4.57. The Morgan fingerprint density at radius 1 is 1.19 bits per heavy atom. The quantitative estimate of drug-likeness (QED) is 0.662. The van der Waals surface area contributed by atoms with E-state index in [4.69, 9.17) is 14.0 Å². The van der Waals surface area contributed by atoms with Gasteiger partial charge in [-0.1, -0.05) is 6.07 Å². The third kappa shape index (κ3) is 5.23. The Morgan fingerprint density at radius 2 is 1.97 bits per heavy atom. The number of benzene rings is 1. The highest BCUT2D eigenvalue weighted by atomic mass is 19.4. The molecular weight excluding hydrogens is 417 g/mol. The van der Waals surface area contributed by atoms with E-state index in [2.05, 4.69) is 10.1 Å². The van der Waals surface area contributed by atoms with E-state index in [0.717, 1.165) is 45.3 Å². The van der Waals surface area contributed by atoms with E-state index in [9.17, 15) is 23.1 Å². The van der Waals surface area contributed by atoms with Crippen LogP contribution in [0, 0.1) is 17.8 Å². The van der Waals surface area contributed by atoms with Crippen molar-refractivity contribution in [1.82, 2.24) is 10.1 Å². The van der Waals surface area contributed by atoms with Crippen LogP contribution in [0.4, 0.5) is 13.2 Å². The molecule has 0 bridgehead atoms. The van der Waals surface area contributed by atoms with Gasteiger partial charge in [-0.3, -0.25) is 4.79 Å². The van der Waals surface area contributed by atoms with Gasteiger partial charge in [0, 0.05) is 6.54 Å². The Morgan fingerprint density at radius 3 is 2.61 bits per heavy atom. The molecule has 2 unspecified atom stereocenters. The number of carbonyl (C=O) groups is 1. The van der Waals surface area contributed by atoms with Gasteiger partial charge < -0.3 is 24.0 Å². The number of aliphatic carboxylic acids is 1. The SMILES string of the molecule is O=C(O)C1CCC1CN1CCC(COc2noc3cccc(OCC(F)(F)F)c23)CC1. The van der Waals surface area contributed by atoms with Gasteiger partial charge in [0.2, 0.25) is 0 Å². The van der Waals surface area contributed by atoms with Crippen LogP contribution in [0.2, 0.25) is 0 Å². The second-order valence-electron chi connectivity index (χ2n) is 8.36. The Hall–Kier alpha value is -2.49. The molecule has 31 heavy (non-hydrogen) atoms. The summed E-state index contributed by atoms with van der Waals surface area (Å²) < 4.78 is 53.5. The van der Waals surface area contributed by atoms with Crippen molar-refractivity contribution in [3.63, 3.8) is 0 Å². The summed E-state index contributed by atoms with van der Waals surface area (Å²) in [6.07, 6.45) is -0.906. The third-order valence-electron chi connectivity index (χ3n) is 6.21. The van der Waals surface area contributed by atoms with Crippen molar-refractivity contribution < 1.29 is 37.1 Å². The lowest BCUT2D eigenvalue weighted by Gasteiger charge is -2.40. The maximum atomic E-state index is 12.5. The first-order chi connectivity index (χ1) is 14.8. The summed E-state index contributed by atoms with van der Waals surface area (Å²) >= 11 is 0. The number of alkyl halides is 3. The van der Waals surface area contributed by atoms with Crippen LogP contribution >= 0.6 is 0 Å². The van der Waals surface area contributed by atoms with Crippen LogP contribution < -0.4 is 9.47 Å². The summed E-state index contributed by atoms with van der Waals surface area (Å²) in [4.78, 5) is 13.5. The number of carboxylic acids is 1. The number of carboxylic acid groups (broad SMARTS) is 1. The highest BCUT2D eigenvalue weighted by Crippen LogP contribution is 2.37. The summed E-state index contributed by atoms with van der Waals surface area (Å²) in [7, 11) is 0. The second kappa shape index (κ2) is 8.94. The first-order valence-electron chi connectivity index (χ1n) is 10.5. The number of fused-ring (bicyclic) bond motifs is 1. The molecular formula is C21H25F3N2O5. The van der Waals surface area contributed by atoms with Gasteiger partial charge in [-0.25, -0.2) is 0 Å². The second-order valence-corrected chi connectivity index (χ2v) is 8.36. The molecule has 1 aliphatic carbocycles. The molecule has 2 aliphatic rings. The molecule has 2 atom stereocenters. The molecule has 4 rings (SSSR count). The molecule has 0 radical (unpaired) electrons. The van der Waals surface area contributed by atoms with Crippen LogP contribution in [0.25, 0.3) is 11.0 Å². The van der Waals surface area contributed by atoms with Crippen molar-refractivity contribution in [3.05, 3.63) is 18.2 Å². The number of nitrogens with zero attached hydrogens (tertiary/aromatic N) is 2. The molecule has 1 aromatic heterocycles. The van der Waals surface area contributed by atoms with E-state index in [1.54, 1.807) is 6.07 Å². The van der Waals surface area contributed by atoms with E-state index in [1.165, 1.54) is 12.1 Å². The summed E-state index contributed by atoms with van der Waals surface area (Å²) in [5.74, 6) is -0.235. The number of likely N-dealkylation sites (tertiary alicyclic amines) is 1. The van der Waals surface area contributed by atoms with Gasteiger partial charge in [0.15, 0.2) is 12.2 Å². The van der Waals surface area contributed by atoms with Crippen LogP contribution in [0.5, 0.6) is 11.6 Å². The fraction of sp³-hybridized carbons (Fsp3) is 0.619. The van der Waals surface area contributed by atoms with Crippen molar-refractivity contribution >= 4 is 16.9 Å². The maximum absolute atomic E-state index is 12.5. The fourth-order valence-corrected chi connectivity index (χ4v) is 4.29. The van der Waals surface area contributed by atoms with Gasteiger partial charge >= 0.3 is 12.1 Å². The number of hydrogen-bond acceptors (Lipinski definition) is 6. The third-order valence-corrected chi connectivity index (χ3v) is 6.21. The molecule has 2 heterocycles. The average Bonchev–Trinajstić information content (AvgIpc) is 3.11. The largest absolute Gasteiger partial charge is 0.483 e. The predicted octanol–water partition coefficient (Wildman–Crippen LogP) is 3.97. The minimum absolute atomic E-state index is 0.0226. The number of aromatic nitrogens is 1. The van der Waals surface area contributed by atoms with Crippen LogP contribution in [0.1, 0.15) is 25.7 Å². The number of halogens is 3. The first kappa shape index (κ1) is 21.7. The van der Waals surface area contributed by atoms with Crippen molar-refractivity contribution in [3.8, 4) is 11.6 Å². The zero-order valence-corrected chi connectivity index (χ0v) is 16.9. The molecule has 7 nitrogen and oxygen atoms in total. The lowest BCUT2D eigenvalue weighted by Crippen LogP contribution is -2.44. The molecule has 0 amide bonds. The molecule has 1 saturated heterocycles. The first-order valence-corrected chi connectivity index (χ1v) is 10.5. The number of rotatable bonds is 8. The number of ether oxygens (including phenoxy) is 2. The molecule has 2 aromatic rings. The predicted molar refractivity (Wildman–Crippen MR) is 104 cm³/mol. The van der Waals surface area contributed by atoms with E-state index >= 15 is 0 Å². The van der Waals surface area contributed by atoms with E-state index in [1.807, 2.05) is 0 Å². The summed E-state index contributed by atoms with van der Waals surface area (Å²) in [5, 5.41) is 13.3. The van der Waals surface area contributed by atoms with Crippen LogP contribution in [0.3, 0.4) is 0 Å². The zero-order chi connectivity index (χ0) is 22.0. The summed E-state index contributed by atoms with van der Waals surface area (Å²) in [6.45, 7) is 1.54. The van der Waals surface area contributed by atoms with E-state index in [0.29, 0.717) is 17.6 Å². The lowest BCUT2D eigenvalue weighted by molar-refractivity contribution is -0.153. The molecule has 10 heteroatoms. The van der Waals surface area contributed by atoms with Gasteiger partial charge in [0.1, 0.15) is 11.1 Å². The molecule has 1 aromatic carbocycles. The van der Waals surface area contributed by atoms with Gasteiger partial charge in [0.05, 0.1) is 12.5 Å². The Kier molecular flexibility index (Phi) is 6.27. The maximum Gasteiger partial charge on any atom is 0.422 e. The average molecular weight is 442 g/mol. The zero-order valence-electron chi connectivity index (χ0n) is 16.9. The van der Waals surface area contributed by atoms with Crippen molar-refractivity contribution in [2.24, 2.45) is 17.8 Å². The standard InChI is InChI=1S/C21H25F3N2O5/c22-21(23,24)12-30-16-2-1-3-17-18(16)19(25-31-17)29-11-13-6-8-26(9-7-13)10-14-4-5-15(14)20(27)28/h1-3,13-15H,4-12H2,(H,27,28). The minimum atomic E-state index is -4.45. The van der Waals surface area contributed by atoms with Gasteiger partial charge in [0.25, 0.3) is 5.88 Å². The van der Waals surface area contributed by atoms with Crippen LogP contribution in [-0.2, 0) is 4.79 Å². The molecule has 1 saturated carbocycles. The minimum Gasteiger partial charge on any atom is -0.483 e. The van der Waals surface area contributed by atoms with E-state index in [-0.39, 0.29) is 29.4 Å². The van der Waals surface area contributed by atoms with E-state index < -0.39 is 18.8 Å². The molecule has 170 valence electrons. The Labute approximate surface area is 177 Å². The van der Waals surface area contributed by atoms with Gasteiger partial charge in [-0.05, 0) is 67.9 Å². The topological polar surface area (TPSA) is 85.0 Å². The normalized spacial score (nSPS) is 22.9. The molecule has 0 spiro atoms. The molecule has 2 fully saturated rings. The van der Waals surface area contributed by atoms with Crippen molar-refractivity contribution in [2.75, 3.05) is 32.8 Å². The summed E-state index contributed by atoms with van der Waals surface area (Å²) in [5.41, 5.74) is 0.304.